The Hall–Kier alpha value is -2.05. The zero-order chi connectivity index (χ0) is 16.1. The molecule has 0 atom stereocenters. The van der Waals surface area contributed by atoms with Gasteiger partial charge in [-0.2, -0.15) is 0 Å². The highest BCUT2D eigenvalue weighted by molar-refractivity contribution is 7.99. The second-order valence-corrected chi connectivity index (χ2v) is 5.98. The van der Waals surface area contributed by atoms with Crippen molar-refractivity contribution < 1.29 is 9.15 Å². The molecule has 0 bridgehead atoms. The van der Waals surface area contributed by atoms with E-state index in [2.05, 4.69) is 26.9 Å². The van der Waals surface area contributed by atoms with Crippen LogP contribution in [-0.4, -0.2) is 33.7 Å². The number of hydrogen-bond donors (Lipinski definition) is 0. The molecule has 2 aromatic heterocycles. The molecule has 2 heterocycles. The van der Waals surface area contributed by atoms with Gasteiger partial charge < -0.3 is 9.15 Å². The standard InChI is InChI=1S/C17H19N3O2S/c1-3-21-11-12-23-17-19-18-16(15-9-10-22-13(15)2)20(17)14-7-5-4-6-8-14/h4-10H,3,11-12H2,1-2H3. The van der Waals surface area contributed by atoms with Crippen LogP contribution in [0.3, 0.4) is 0 Å². The lowest BCUT2D eigenvalue weighted by Crippen LogP contribution is -2.02. The Balaban J connectivity index is 1.97. The maximum Gasteiger partial charge on any atom is 0.196 e. The second-order valence-electron chi connectivity index (χ2n) is 4.91. The smallest absolute Gasteiger partial charge is 0.196 e. The van der Waals surface area contributed by atoms with Crippen molar-refractivity contribution in [1.29, 1.82) is 0 Å². The summed E-state index contributed by atoms with van der Waals surface area (Å²) in [5.41, 5.74) is 1.99. The summed E-state index contributed by atoms with van der Waals surface area (Å²) in [6.45, 7) is 5.35. The molecule has 0 fully saturated rings. The van der Waals surface area contributed by atoms with Crippen molar-refractivity contribution in [3.8, 4) is 17.1 Å². The SMILES string of the molecule is CCOCCSc1nnc(-c2ccoc2C)n1-c1ccccc1. The summed E-state index contributed by atoms with van der Waals surface area (Å²) in [4.78, 5) is 0. The summed E-state index contributed by atoms with van der Waals surface area (Å²) in [6.07, 6.45) is 1.68. The van der Waals surface area contributed by atoms with E-state index < -0.39 is 0 Å². The van der Waals surface area contributed by atoms with E-state index in [1.165, 1.54) is 0 Å². The fourth-order valence-electron chi connectivity index (χ4n) is 2.30. The van der Waals surface area contributed by atoms with Crippen molar-refractivity contribution in [2.45, 2.75) is 19.0 Å². The van der Waals surface area contributed by atoms with Gasteiger partial charge in [0.05, 0.1) is 18.4 Å². The molecule has 0 saturated heterocycles. The summed E-state index contributed by atoms with van der Waals surface area (Å²) in [5.74, 6) is 2.46. The maximum atomic E-state index is 5.42. The number of aryl methyl sites for hydroxylation is 1. The van der Waals surface area contributed by atoms with Crippen molar-refractivity contribution in [3.05, 3.63) is 48.4 Å². The van der Waals surface area contributed by atoms with E-state index in [1.54, 1.807) is 18.0 Å². The topological polar surface area (TPSA) is 53.1 Å². The van der Waals surface area contributed by atoms with Gasteiger partial charge in [-0.25, -0.2) is 0 Å². The fourth-order valence-corrected chi connectivity index (χ4v) is 3.10. The number of nitrogens with zero attached hydrogens (tertiary/aromatic N) is 3. The monoisotopic (exact) mass is 329 g/mol. The molecule has 0 spiro atoms. The van der Waals surface area contributed by atoms with Gasteiger partial charge in [-0.1, -0.05) is 30.0 Å². The molecule has 0 N–H and O–H groups in total. The van der Waals surface area contributed by atoms with Gasteiger partial charge in [0, 0.05) is 18.0 Å². The number of benzene rings is 1. The van der Waals surface area contributed by atoms with E-state index in [-0.39, 0.29) is 0 Å². The molecule has 0 radical (unpaired) electrons. The van der Waals surface area contributed by atoms with Crippen LogP contribution in [-0.2, 0) is 4.74 Å². The average molecular weight is 329 g/mol. The molecule has 3 aromatic rings. The van der Waals surface area contributed by atoms with Crippen LogP contribution < -0.4 is 0 Å². The van der Waals surface area contributed by atoms with Crippen LogP contribution in [0.15, 0.2) is 52.2 Å². The maximum absolute atomic E-state index is 5.42. The zero-order valence-electron chi connectivity index (χ0n) is 13.2. The quantitative estimate of drug-likeness (QED) is 0.485. The summed E-state index contributed by atoms with van der Waals surface area (Å²) in [6, 6.07) is 12.0. The molecule has 6 heteroatoms. The van der Waals surface area contributed by atoms with Gasteiger partial charge in [0.2, 0.25) is 0 Å². The molecule has 0 aliphatic carbocycles. The predicted molar refractivity (Wildman–Crippen MR) is 91.0 cm³/mol. The Labute approximate surface area is 139 Å². The van der Waals surface area contributed by atoms with Crippen molar-refractivity contribution in [1.82, 2.24) is 14.8 Å². The Morgan fingerprint density at radius 2 is 2.00 bits per heavy atom. The van der Waals surface area contributed by atoms with E-state index in [1.807, 2.05) is 38.1 Å². The van der Waals surface area contributed by atoms with Gasteiger partial charge in [-0.3, -0.25) is 4.57 Å². The van der Waals surface area contributed by atoms with Crippen LogP contribution in [0.2, 0.25) is 0 Å². The first-order valence-electron chi connectivity index (χ1n) is 7.57. The predicted octanol–water partition coefficient (Wildman–Crippen LogP) is 3.96. The van der Waals surface area contributed by atoms with Gasteiger partial charge in [0.25, 0.3) is 0 Å². The summed E-state index contributed by atoms with van der Waals surface area (Å²) in [7, 11) is 0. The van der Waals surface area contributed by atoms with Crippen LogP contribution in [0.5, 0.6) is 0 Å². The first kappa shape index (κ1) is 15.8. The Kier molecular flexibility index (Phi) is 5.15. The van der Waals surface area contributed by atoms with Gasteiger partial charge in [0.1, 0.15) is 5.76 Å². The molecule has 0 aliphatic heterocycles. The van der Waals surface area contributed by atoms with Gasteiger partial charge in [-0.05, 0) is 32.0 Å². The van der Waals surface area contributed by atoms with E-state index >= 15 is 0 Å². The normalized spacial score (nSPS) is 11.0. The van der Waals surface area contributed by atoms with E-state index in [4.69, 9.17) is 9.15 Å². The van der Waals surface area contributed by atoms with Crippen molar-refractivity contribution in [2.24, 2.45) is 0 Å². The number of rotatable bonds is 7. The third-order valence-electron chi connectivity index (χ3n) is 3.41. The molecule has 0 amide bonds. The van der Waals surface area contributed by atoms with Gasteiger partial charge in [0.15, 0.2) is 11.0 Å². The Morgan fingerprint density at radius 3 is 2.70 bits per heavy atom. The lowest BCUT2D eigenvalue weighted by atomic mass is 10.2. The van der Waals surface area contributed by atoms with Crippen LogP contribution in [0.1, 0.15) is 12.7 Å². The second kappa shape index (κ2) is 7.48. The number of para-hydroxylation sites is 1. The molecule has 0 aliphatic rings. The molecule has 1 aromatic carbocycles. The highest BCUT2D eigenvalue weighted by atomic mass is 32.2. The Morgan fingerprint density at radius 1 is 1.17 bits per heavy atom. The largest absolute Gasteiger partial charge is 0.469 e. The van der Waals surface area contributed by atoms with Crippen molar-refractivity contribution >= 4 is 11.8 Å². The molecule has 0 saturated carbocycles. The summed E-state index contributed by atoms with van der Waals surface area (Å²) < 4.78 is 12.9. The minimum atomic E-state index is 0.697. The van der Waals surface area contributed by atoms with E-state index in [9.17, 15) is 0 Å². The van der Waals surface area contributed by atoms with Crippen molar-refractivity contribution in [2.75, 3.05) is 19.0 Å². The summed E-state index contributed by atoms with van der Waals surface area (Å²) in [5, 5.41) is 9.61. The number of thioether (sulfide) groups is 1. The average Bonchev–Trinajstić information content (AvgIpc) is 3.18. The molecular formula is C17H19N3O2S. The molecule has 3 rings (SSSR count). The Bertz CT molecular complexity index is 752. The molecule has 5 nitrogen and oxygen atoms in total. The van der Waals surface area contributed by atoms with Crippen LogP contribution in [0.25, 0.3) is 17.1 Å². The number of furan rings is 1. The van der Waals surface area contributed by atoms with Crippen LogP contribution in [0.4, 0.5) is 0 Å². The fraction of sp³-hybridized carbons (Fsp3) is 0.294. The first-order chi connectivity index (χ1) is 11.3. The molecular weight excluding hydrogens is 310 g/mol. The minimum Gasteiger partial charge on any atom is -0.469 e. The summed E-state index contributed by atoms with van der Waals surface area (Å²) >= 11 is 1.64. The number of aromatic nitrogens is 3. The molecule has 0 unspecified atom stereocenters. The highest BCUT2D eigenvalue weighted by Crippen LogP contribution is 2.29. The van der Waals surface area contributed by atoms with Crippen LogP contribution in [0, 0.1) is 6.92 Å². The first-order valence-corrected chi connectivity index (χ1v) is 8.55. The third-order valence-corrected chi connectivity index (χ3v) is 4.30. The lowest BCUT2D eigenvalue weighted by Gasteiger charge is -2.09. The van der Waals surface area contributed by atoms with Gasteiger partial charge >= 0.3 is 0 Å². The van der Waals surface area contributed by atoms with E-state index in [0.29, 0.717) is 6.61 Å². The molecule has 120 valence electrons. The molecule has 23 heavy (non-hydrogen) atoms. The van der Waals surface area contributed by atoms with Gasteiger partial charge in [-0.15, -0.1) is 10.2 Å². The zero-order valence-corrected chi connectivity index (χ0v) is 14.0. The number of ether oxygens (including phenoxy) is 1. The minimum absolute atomic E-state index is 0.697. The van der Waals surface area contributed by atoms with E-state index in [0.717, 1.165) is 40.4 Å². The lowest BCUT2D eigenvalue weighted by molar-refractivity contribution is 0.164. The number of hydrogen-bond acceptors (Lipinski definition) is 5. The van der Waals surface area contributed by atoms with Crippen LogP contribution >= 0.6 is 11.8 Å². The van der Waals surface area contributed by atoms with Crippen molar-refractivity contribution in [3.63, 3.8) is 0 Å². The highest BCUT2D eigenvalue weighted by Gasteiger charge is 2.18. The third kappa shape index (κ3) is 3.48.